The highest BCUT2D eigenvalue weighted by Crippen LogP contribution is 2.25. The number of rotatable bonds is 14. The van der Waals surface area contributed by atoms with Gasteiger partial charge in [-0.15, -0.1) is 0 Å². The van der Waals surface area contributed by atoms with E-state index in [-0.39, 0.29) is 19.1 Å². The minimum atomic E-state index is -0.943. The van der Waals surface area contributed by atoms with Gasteiger partial charge >= 0.3 is 6.09 Å². The van der Waals surface area contributed by atoms with Crippen molar-refractivity contribution in [2.75, 3.05) is 31.7 Å². The second-order valence-electron chi connectivity index (χ2n) is 10.1. The van der Waals surface area contributed by atoms with E-state index in [1.807, 2.05) is 38.3 Å². The van der Waals surface area contributed by atoms with Crippen molar-refractivity contribution in [3.8, 4) is 0 Å². The molecule has 1 aromatic carbocycles. The zero-order valence-electron chi connectivity index (χ0n) is 23.0. The van der Waals surface area contributed by atoms with Gasteiger partial charge in [0.25, 0.3) is 0 Å². The lowest BCUT2D eigenvalue weighted by Gasteiger charge is -2.34. The summed E-state index contributed by atoms with van der Waals surface area (Å²) in [6.07, 6.45) is 4.44. The fourth-order valence-electron chi connectivity index (χ4n) is 3.94. The third kappa shape index (κ3) is 11.2. The molecule has 0 aliphatic carbocycles. The Morgan fingerprint density at radius 2 is 1.75 bits per heavy atom. The first kappa shape index (κ1) is 31.8. The fraction of sp³-hybridized carbons (Fsp3) is 0.667. The standard InChI is InChI=1S/C27H45N3O5S/c1-8-9-10-12-28-24(32)23(21-17-19(2)16-20(3)18-21)30(13-14-31)25(33)22(11-15-36-7)29-26(34)35-27(4,5)6/h16-18,22-23,31H,8-15H2,1-7H3,(H,28,32)(H,29,34). The number of amides is 3. The molecule has 3 amide bonds. The van der Waals surface area contributed by atoms with Crippen LogP contribution in [0.1, 0.15) is 76.1 Å². The summed E-state index contributed by atoms with van der Waals surface area (Å²) in [7, 11) is 0. The van der Waals surface area contributed by atoms with Crippen molar-refractivity contribution < 1.29 is 24.2 Å². The van der Waals surface area contributed by atoms with Gasteiger partial charge in [0.05, 0.1) is 6.61 Å². The molecule has 204 valence electrons. The first-order valence-electron chi connectivity index (χ1n) is 12.7. The summed E-state index contributed by atoms with van der Waals surface area (Å²) in [5, 5.41) is 15.5. The van der Waals surface area contributed by atoms with Crippen LogP contribution in [0.2, 0.25) is 0 Å². The van der Waals surface area contributed by atoms with E-state index >= 15 is 0 Å². The van der Waals surface area contributed by atoms with Crippen molar-refractivity contribution in [1.29, 1.82) is 0 Å². The number of carbonyl (C=O) groups excluding carboxylic acids is 3. The molecule has 0 aliphatic rings. The Morgan fingerprint density at radius 3 is 2.28 bits per heavy atom. The van der Waals surface area contributed by atoms with Crippen LogP contribution in [0.15, 0.2) is 18.2 Å². The van der Waals surface area contributed by atoms with Gasteiger partial charge in [-0.25, -0.2) is 4.79 Å². The first-order chi connectivity index (χ1) is 16.9. The fourth-order valence-corrected chi connectivity index (χ4v) is 4.41. The molecule has 1 rings (SSSR count). The van der Waals surface area contributed by atoms with Crippen LogP contribution < -0.4 is 10.6 Å². The summed E-state index contributed by atoms with van der Waals surface area (Å²) >= 11 is 1.55. The van der Waals surface area contributed by atoms with Gasteiger partial charge in [-0.3, -0.25) is 9.59 Å². The first-order valence-corrected chi connectivity index (χ1v) is 14.1. The average molecular weight is 524 g/mol. The molecule has 1 aromatic rings. The summed E-state index contributed by atoms with van der Waals surface area (Å²) in [5.74, 6) is -0.119. The lowest BCUT2D eigenvalue weighted by Crippen LogP contribution is -2.54. The van der Waals surface area contributed by atoms with Gasteiger partial charge in [-0.1, -0.05) is 49.1 Å². The van der Waals surface area contributed by atoms with Gasteiger partial charge in [0, 0.05) is 13.1 Å². The number of hydrogen-bond acceptors (Lipinski definition) is 6. The minimum absolute atomic E-state index is 0.0510. The minimum Gasteiger partial charge on any atom is -0.444 e. The van der Waals surface area contributed by atoms with E-state index in [0.717, 1.165) is 30.4 Å². The number of hydrogen-bond donors (Lipinski definition) is 3. The Labute approximate surface area is 220 Å². The predicted octanol–water partition coefficient (Wildman–Crippen LogP) is 4.12. The molecule has 0 spiro atoms. The van der Waals surface area contributed by atoms with Crippen LogP contribution in [0.3, 0.4) is 0 Å². The Morgan fingerprint density at radius 1 is 1.11 bits per heavy atom. The number of aryl methyl sites for hydroxylation is 2. The summed E-state index contributed by atoms with van der Waals surface area (Å²) < 4.78 is 5.38. The van der Waals surface area contributed by atoms with Crippen LogP contribution in [0.25, 0.3) is 0 Å². The smallest absolute Gasteiger partial charge is 0.408 e. The van der Waals surface area contributed by atoms with E-state index < -0.39 is 29.7 Å². The van der Waals surface area contributed by atoms with E-state index in [2.05, 4.69) is 17.6 Å². The maximum atomic E-state index is 13.9. The highest BCUT2D eigenvalue weighted by molar-refractivity contribution is 7.98. The van der Waals surface area contributed by atoms with Gasteiger partial charge in [0.2, 0.25) is 11.8 Å². The molecule has 0 radical (unpaired) electrons. The number of unbranched alkanes of at least 4 members (excludes halogenated alkanes) is 2. The summed E-state index contributed by atoms with van der Waals surface area (Å²) in [4.78, 5) is 41.3. The van der Waals surface area contributed by atoms with E-state index in [1.54, 1.807) is 32.5 Å². The Kier molecular flexibility index (Phi) is 13.9. The normalized spacial score (nSPS) is 13.0. The van der Waals surface area contributed by atoms with Gasteiger partial charge in [-0.2, -0.15) is 11.8 Å². The molecule has 0 aromatic heterocycles. The maximum Gasteiger partial charge on any atom is 0.408 e. The van der Waals surface area contributed by atoms with E-state index in [4.69, 9.17) is 4.74 Å². The molecule has 0 fully saturated rings. The number of alkyl carbamates (subject to hydrolysis) is 1. The third-order valence-electron chi connectivity index (χ3n) is 5.42. The molecular weight excluding hydrogens is 478 g/mol. The molecule has 2 atom stereocenters. The van der Waals surface area contributed by atoms with Crippen molar-refractivity contribution in [3.05, 3.63) is 34.9 Å². The van der Waals surface area contributed by atoms with Crippen LogP contribution in [0.4, 0.5) is 4.79 Å². The molecule has 2 unspecified atom stereocenters. The molecule has 0 saturated heterocycles. The number of ether oxygens (including phenoxy) is 1. The van der Waals surface area contributed by atoms with Crippen LogP contribution in [0.5, 0.6) is 0 Å². The Hall–Kier alpha value is -2.26. The molecule has 9 heteroatoms. The van der Waals surface area contributed by atoms with E-state index in [1.165, 1.54) is 4.90 Å². The summed E-state index contributed by atoms with van der Waals surface area (Å²) in [6, 6.07) is 3.93. The zero-order chi connectivity index (χ0) is 27.3. The van der Waals surface area contributed by atoms with E-state index in [0.29, 0.717) is 24.3 Å². The number of nitrogens with zero attached hydrogens (tertiary/aromatic N) is 1. The number of nitrogens with one attached hydrogen (secondary N) is 2. The van der Waals surface area contributed by atoms with Crippen LogP contribution >= 0.6 is 11.8 Å². The highest BCUT2D eigenvalue weighted by atomic mass is 32.2. The Bertz CT molecular complexity index is 836. The molecule has 8 nitrogen and oxygen atoms in total. The largest absolute Gasteiger partial charge is 0.444 e. The number of aliphatic hydroxyl groups is 1. The van der Waals surface area contributed by atoms with Gasteiger partial charge < -0.3 is 25.4 Å². The molecule has 0 bridgehead atoms. The van der Waals surface area contributed by atoms with Crippen molar-refractivity contribution in [3.63, 3.8) is 0 Å². The maximum absolute atomic E-state index is 13.9. The van der Waals surface area contributed by atoms with Crippen molar-refractivity contribution in [1.82, 2.24) is 15.5 Å². The van der Waals surface area contributed by atoms with Crippen molar-refractivity contribution >= 4 is 29.7 Å². The summed E-state index contributed by atoms with van der Waals surface area (Å²) in [5.41, 5.74) is 1.89. The third-order valence-corrected chi connectivity index (χ3v) is 6.07. The number of carbonyl (C=O) groups is 3. The van der Waals surface area contributed by atoms with Crippen LogP contribution in [-0.2, 0) is 14.3 Å². The highest BCUT2D eigenvalue weighted by Gasteiger charge is 2.36. The average Bonchev–Trinajstić information content (AvgIpc) is 2.77. The molecule has 0 saturated carbocycles. The van der Waals surface area contributed by atoms with E-state index in [9.17, 15) is 19.5 Å². The zero-order valence-corrected chi connectivity index (χ0v) is 23.8. The monoisotopic (exact) mass is 523 g/mol. The van der Waals surface area contributed by atoms with Crippen LogP contribution in [0, 0.1) is 13.8 Å². The van der Waals surface area contributed by atoms with Gasteiger partial charge in [0.1, 0.15) is 17.7 Å². The topological polar surface area (TPSA) is 108 Å². The lowest BCUT2D eigenvalue weighted by atomic mass is 9.98. The number of benzene rings is 1. The van der Waals surface area contributed by atoms with Crippen LogP contribution in [-0.4, -0.2) is 71.3 Å². The Balaban J connectivity index is 3.39. The summed E-state index contributed by atoms with van der Waals surface area (Å²) in [6.45, 7) is 11.4. The predicted molar refractivity (Wildman–Crippen MR) is 146 cm³/mol. The molecule has 3 N–H and O–H groups in total. The SMILES string of the molecule is CCCCCNC(=O)C(c1cc(C)cc(C)c1)N(CCO)C(=O)C(CCSC)NC(=O)OC(C)(C)C. The molecular formula is C27H45N3O5S. The van der Waals surface area contributed by atoms with Gasteiger partial charge in [0.15, 0.2) is 0 Å². The van der Waals surface area contributed by atoms with Crippen molar-refractivity contribution in [2.24, 2.45) is 0 Å². The van der Waals surface area contributed by atoms with Crippen molar-refractivity contribution in [2.45, 2.75) is 84.9 Å². The molecule has 0 aliphatic heterocycles. The molecule has 0 heterocycles. The molecule has 36 heavy (non-hydrogen) atoms. The van der Waals surface area contributed by atoms with Gasteiger partial charge in [-0.05, 0) is 65.0 Å². The second-order valence-corrected chi connectivity index (χ2v) is 11.0. The second kappa shape index (κ2) is 15.8. The number of thioether (sulfide) groups is 1. The number of aliphatic hydroxyl groups excluding tert-OH is 1. The lowest BCUT2D eigenvalue weighted by molar-refractivity contribution is -0.143. The quantitative estimate of drug-likeness (QED) is 0.317.